The first kappa shape index (κ1) is 13.7. The maximum Gasteiger partial charge on any atom is 0.180 e. The molecule has 21 heavy (non-hydrogen) atoms. The fourth-order valence-electron chi connectivity index (χ4n) is 2.87. The van der Waals surface area contributed by atoms with Crippen LogP contribution < -0.4 is 4.74 Å². The molecule has 0 aliphatic carbocycles. The van der Waals surface area contributed by atoms with Gasteiger partial charge in [-0.3, -0.25) is 0 Å². The van der Waals surface area contributed by atoms with Crippen LogP contribution >= 0.6 is 0 Å². The number of ether oxygens (including phenoxy) is 1. The minimum Gasteiger partial charge on any atom is -0.493 e. The first-order valence-electron chi connectivity index (χ1n) is 7.12. The van der Waals surface area contributed by atoms with E-state index < -0.39 is 0 Å². The molecule has 3 nitrogen and oxygen atoms in total. The molecule has 0 amide bonds. The van der Waals surface area contributed by atoms with E-state index in [1.807, 2.05) is 22.7 Å². The molecule has 3 aromatic rings. The second-order valence-electron chi connectivity index (χ2n) is 5.57. The van der Waals surface area contributed by atoms with Crippen molar-refractivity contribution in [3.63, 3.8) is 0 Å². The maximum atomic E-state index is 5.40. The van der Waals surface area contributed by atoms with Gasteiger partial charge in [0.1, 0.15) is 0 Å². The van der Waals surface area contributed by atoms with E-state index in [1.165, 1.54) is 27.8 Å². The molecule has 0 aliphatic heterocycles. The van der Waals surface area contributed by atoms with Crippen LogP contribution in [0.25, 0.3) is 16.9 Å². The number of aryl methyl sites for hydroxylation is 2. The Morgan fingerprint density at radius 1 is 1.05 bits per heavy atom. The normalized spacial score (nSPS) is 11.1. The van der Waals surface area contributed by atoms with Crippen molar-refractivity contribution in [3.8, 4) is 17.0 Å². The number of methoxy groups -OCH3 is 1. The minimum absolute atomic E-state index is 0.795. The van der Waals surface area contributed by atoms with Crippen molar-refractivity contribution in [1.29, 1.82) is 0 Å². The summed E-state index contributed by atoms with van der Waals surface area (Å²) in [5.41, 5.74) is 8.28. The Kier molecular flexibility index (Phi) is 3.20. The van der Waals surface area contributed by atoms with E-state index in [0.29, 0.717) is 0 Å². The summed E-state index contributed by atoms with van der Waals surface area (Å²) in [4.78, 5) is 4.80. The highest BCUT2D eigenvalue weighted by molar-refractivity contribution is 5.73. The second kappa shape index (κ2) is 4.92. The summed E-state index contributed by atoms with van der Waals surface area (Å²) < 4.78 is 7.42. The van der Waals surface area contributed by atoms with Gasteiger partial charge in [0.25, 0.3) is 0 Å². The third kappa shape index (κ3) is 2.09. The molecule has 108 valence electrons. The highest BCUT2D eigenvalue weighted by Crippen LogP contribution is 2.32. The maximum absolute atomic E-state index is 5.40. The van der Waals surface area contributed by atoms with E-state index in [4.69, 9.17) is 9.72 Å². The molecule has 1 aromatic carbocycles. The van der Waals surface area contributed by atoms with Crippen LogP contribution in [0, 0.1) is 27.7 Å². The van der Waals surface area contributed by atoms with Gasteiger partial charge in [-0.2, -0.15) is 0 Å². The van der Waals surface area contributed by atoms with Gasteiger partial charge in [0.15, 0.2) is 11.4 Å². The molecule has 0 bridgehead atoms. The third-order valence-electron chi connectivity index (χ3n) is 4.29. The van der Waals surface area contributed by atoms with Gasteiger partial charge in [-0.25, -0.2) is 4.98 Å². The molecular weight excluding hydrogens is 260 g/mol. The fourth-order valence-corrected chi connectivity index (χ4v) is 2.87. The molecule has 3 heteroatoms. The second-order valence-corrected chi connectivity index (χ2v) is 5.57. The van der Waals surface area contributed by atoms with E-state index >= 15 is 0 Å². The van der Waals surface area contributed by atoms with Crippen LogP contribution in [-0.2, 0) is 0 Å². The zero-order chi connectivity index (χ0) is 15.1. The van der Waals surface area contributed by atoms with Crippen LogP contribution in [0.1, 0.15) is 22.3 Å². The highest BCUT2D eigenvalue weighted by Gasteiger charge is 2.15. The monoisotopic (exact) mass is 280 g/mol. The van der Waals surface area contributed by atoms with E-state index in [-0.39, 0.29) is 0 Å². The minimum atomic E-state index is 0.795. The summed E-state index contributed by atoms with van der Waals surface area (Å²) >= 11 is 0. The fraction of sp³-hybridized carbons (Fsp3) is 0.278. The topological polar surface area (TPSA) is 26.5 Å². The Morgan fingerprint density at radius 2 is 1.71 bits per heavy atom. The van der Waals surface area contributed by atoms with Gasteiger partial charge < -0.3 is 9.14 Å². The van der Waals surface area contributed by atoms with Gasteiger partial charge in [-0.1, -0.05) is 6.07 Å². The van der Waals surface area contributed by atoms with Crippen molar-refractivity contribution >= 4 is 5.65 Å². The summed E-state index contributed by atoms with van der Waals surface area (Å²) in [5, 5.41) is 0. The van der Waals surface area contributed by atoms with E-state index in [0.717, 1.165) is 17.1 Å². The largest absolute Gasteiger partial charge is 0.493 e. The number of imidazole rings is 1. The Labute approximate surface area is 125 Å². The smallest absolute Gasteiger partial charge is 0.180 e. The lowest BCUT2D eigenvalue weighted by atomic mass is 9.93. The number of fused-ring (bicyclic) bond motifs is 1. The molecule has 0 saturated carbocycles. The molecule has 0 atom stereocenters. The number of hydrogen-bond acceptors (Lipinski definition) is 2. The number of pyridine rings is 1. The van der Waals surface area contributed by atoms with Crippen molar-refractivity contribution in [1.82, 2.24) is 9.38 Å². The first-order valence-corrected chi connectivity index (χ1v) is 7.12. The first-order chi connectivity index (χ1) is 10.0. The van der Waals surface area contributed by atoms with Crippen molar-refractivity contribution in [2.75, 3.05) is 7.11 Å². The van der Waals surface area contributed by atoms with E-state index in [9.17, 15) is 0 Å². The zero-order valence-electron chi connectivity index (χ0n) is 13.2. The average molecular weight is 280 g/mol. The lowest BCUT2D eigenvalue weighted by Crippen LogP contribution is -1.95. The predicted octanol–water partition coefficient (Wildman–Crippen LogP) is 4.24. The third-order valence-corrected chi connectivity index (χ3v) is 4.29. The van der Waals surface area contributed by atoms with Gasteiger partial charge in [0, 0.05) is 18.0 Å². The van der Waals surface area contributed by atoms with Crippen LogP contribution in [0.15, 0.2) is 30.6 Å². The summed E-state index contributed by atoms with van der Waals surface area (Å²) in [7, 11) is 1.68. The predicted molar refractivity (Wildman–Crippen MR) is 86.1 cm³/mol. The van der Waals surface area contributed by atoms with Crippen LogP contribution in [0.5, 0.6) is 5.75 Å². The number of benzene rings is 1. The molecule has 0 radical (unpaired) electrons. The van der Waals surface area contributed by atoms with Crippen LogP contribution in [0.2, 0.25) is 0 Å². The van der Waals surface area contributed by atoms with Crippen molar-refractivity contribution in [2.24, 2.45) is 0 Å². The standard InChI is InChI=1S/C18H20N2O/c1-11-9-12(2)14(4)17(13(11)3)15-10-20-8-6-7-16(21-5)18(20)19-15/h6-10H,1-5H3. The highest BCUT2D eigenvalue weighted by atomic mass is 16.5. The molecule has 0 spiro atoms. The SMILES string of the molecule is COc1cccn2cc(-c3c(C)c(C)cc(C)c3C)nc12. The van der Waals surface area contributed by atoms with E-state index in [2.05, 4.69) is 40.0 Å². The van der Waals surface area contributed by atoms with Crippen molar-refractivity contribution in [2.45, 2.75) is 27.7 Å². The zero-order valence-corrected chi connectivity index (χ0v) is 13.2. The molecule has 2 aromatic heterocycles. The summed E-state index contributed by atoms with van der Waals surface area (Å²) in [5.74, 6) is 0.795. The van der Waals surface area contributed by atoms with Gasteiger partial charge in [-0.15, -0.1) is 0 Å². The Balaban J connectivity index is 2.31. The molecule has 0 N–H and O–H groups in total. The van der Waals surface area contributed by atoms with Crippen LogP contribution in [0.4, 0.5) is 0 Å². The summed E-state index contributed by atoms with van der Waals surface area (Å²) in [6.45, 7) is 8.64. The number of rotatable bonds is 2. The number of nitrogens with zero attached hydrogens (tertiary/aromatic N) is 2. The number of aromatic nitrogens is 2. The molecule has 0 unspecified atom stereocenters. The number of hydrogen-bond donors (Lipinski definition) is 0. The molecule has 0 saturated heterocycles. The Bertz CT molecular complexity index is 805. The summed E-state index contributed by atoms with van der Waals surface area (Å²) in [6.07, 6.45) is 4.08. The van der Waals surface area contributed by atoms with Gasteiger partial charge in [-0.05, 0) is 62.1 Å². The Hall–Kier alpha value is -2.29. The van der Waals surface area contributed by atoms with Gasteiger partial charge in [0.05, 0.1) is 12.8 Å². The average Bonchev–Trinajstić information content (AvgIpc) is 2.88. The van der Waals surface area contributed by atoms with Crippen molar-refractivity contribution < 1.29 is 4.74 Å². The Morgan fingerprint density at radius 3 is 2.33 bits per heavy atom. The summed E-state index contributed by atoms with van der Waals surface area (Å²) in [6, 6.07) is 6.15. The van der Waals surface area contributed by atoms with E-state index in [1.54, 1.807) is 7.11 Å². The molecule has 2 heterocycles. The van der Waals surface area contributed by atoms with Gasteiger partial charge >= 0.3 is 0 Å². The quantitative estimate of drug-likeness (QED) is 0.701. The molecule has 0 fully saturated rings. The lowest BCUT2D eigenvalue weighted by Gasteiger charge is -2.13. The van der Waals surface area contributed by atoms with Gasteiger partial charge in [0.2, 0.25) is 0 Å². The van der Waals surface area contributed by atoms with Crippen LogP contribution in [-0.4, -0.2) is 16.5 Å². The molecule has 0 aliphatic rings. The van der Waals surface area contributed by atoms with Crippen LogP contribution in [0.3, 0.4) is 0 Å². The molecular formula is C18H20N2O. The lowest BCUT2D eigenvalue weighted by molar-refractivity contribution is 0.417. The van der Waals surface area contributed by atoms with Crippen molar-refractivity contribution in [3.05, 3.63) is 52.8 Å². The molecule has 3 rings (SSSR count).